The summed E-state index contributed by atoms with van der Waals surface area (Å²) in [6.45, 7) is 8.65. The van der Waals surface area contributed by atoms with Crippen LogP contribution < -0.4 is 10.6 Å². The molecule has 0 unspecified atom stereocenters. The summed E-state index contributed by atoms with van der Waals surface area (Å²) in [7, 11) is 0. The van der Waals surface area contributed by atoms with Gasteiger partial charge in [-0.15, -0.1) is 0 Å². The molecule has 0 aromatic carbocycles. The van der Waals surface area contributed by atoms with Crippen molar-refractivity contribution in [2.75, 3.05) is 23.7 Å². The van der Waals surface area contributed by atoms with E-state index in [-0.39, 0.29) is 11.3 Å². The Bertz CT molecular complexity index is 500. The van der Waals surface area contributed by atoms with Gasteiger partial charge in [0.1, 0.15) is 5.82 Å². The molecule has 1 aromatic heterocycles. The number of pyridine rings is 1. The third-order valence-electron chi connectivity index (χ3n) is 4.19. The lowest BCUT2D eigenvalue weighted by Crippen LogP contribution is -2.38. The Morgan fingerprint density at radius 2 is 2.00 bits per heavy atom. The lowest BCUT2D eigenvalue weighted by atomic mass is 9.75. The summed E-state index contributed by atoms with van der Waals surface area (Å²) in [6.07, 6.45) is 3.66. The summed E-state index contributed by atoms with van der Waals surface area (Å²) in [4.78, 5) is 17.5. The number of aromatic carboxylic acids is 1. The maximum atomic E-state index is 11.1. The van der Waals surface area contributed by atoms with Crippen molar-refractivity contribution in [3.05, 3.63) is 17.8 Å². The number of hydrogen-bond acceptors (Lipinski definition) is 4. The average molecular weight is 277 g/mol. The lowest BCUT2D eigenvalue weighted by Gasteiger charge is -2.39. The van der Waals surface area contributed by atoms with Gasteiger partial charge in [-0.2, -0.15) is 0 Å². The number of nitrogen functional groups attached to an aromatic ring is 1. The standard InChI is InChI=1S/C15H23N3O2/c1-15(2,3)10-4-6-18(7-5-10)13-8-11(14(19)20)12(16)9-17-13/h8-10H,4-7,16H2,1-3H3,(H,19,20). The van der Waals surface area contributed by atoms with Crippen LogP contribution in [-0.4, -0.2) is 29.1 Å². The number of nitrogens with two attached hydrogens (primary N) is 1. The van der Waals surface area contributed by atoms with E-state index in [1.165, 1.54) is 6.20 Å². The van der Waals surface area contributed by atoms with E-state index in [0.29, 0.717) is 17.2 Å². The first-order chi connectivity index (χ1) is 9.29. The number of carboxylic acids is 1. The Morgan fingerprint density at radius 1 is 1.40 bits per heavy atom. The molecule has 0 radical (unpaired) electrons. The van der Waals surface area contributed by atoms with Gasteiger partial charge < -0.3 is 15.7 Å². The minimum absolute atomic E-state index is 0.132. The van der Waals surface area contributed by atoms with Gasteiger partial charge in [-0.05, 0) is 30.2 Å². The Kier molecular flexibility index (Phi) is 3.88. The Balaban J connectivity index is 2.11. The van der Waals surface area contributed by atoms with Gasteiger partial charge in [-0.25, -0.2) is 9.78 Å². The number of anilines is 2. The van der Waals surface area contributed by atoms with Crippen molar-refractivity contribution in [1.29, 1.82) is 0 Å². The summed E-state index contributed by atoms with van der Waals surface area (Å²) < 4.78 is 0. The fraction of sp³-hybridized carbons (Fsp3) is 0.600. The Hall–Kier alpha value is -1.78. The van der Waals surface area contributed by atoms with Gasteiger partial charge >= 0.3 is 5.97 Å². The highest BCUT2D eigenvalue weighted by Crippen LogP contribution is 2.35. The number of hydrogen-bond donors (Lipinski definition) is 2. The molecule has 5 heteroatoms. The number of carboxylic acid groups (broad SMARTS) is 1. The second kappa shape index (κ2) is 5.31. The van der Waals surface area contributed by atoms with Crippen LogP contribution in [0.5, 0.6) is 0 Å². The van der Waals surface area contributed by atoms with Crippen LogP contribution in [-0.2, 0) is 0 Å². The maximum Gasteiger partial charge on any atom is 0.337 e. The van der Waals surface area contributed by atoms with Gasteiger partial charge in [-0.3, -0.25) is 0 Å². The van der Waals surface area contributed by atoms with Crippen molar-refractivity contribution in [3.63, 3.8) is 0 Å². The minimum Gasteiger partial charge on any atom is -0.478 e. The molecule has 2 rings (SSSR count). The molecule has 1 aromatic rings. The van der Waals surface area contributed by atoms with E-state index in [4.69, 9.17) is 10.8 Å². The average Bonchev–Trinajstić information content (AvgIpc) is 2.38. The molecule has 1 fully saturated rings. The van der Waals surface area contributed by atoms with Gasteiger partial charge in [0.2, 0.25) is 0 Å². The summed E-state index contributed by atoms with van der Waals surface area (Å²) in [6, 6.07) is 1.58. The minimum atomic E-state index is -1.00. The van der Waals surface area contributed by atoms with Crippen LogP contribution in [0.2, 0.25) is 0 Å². The molecule has 0 spiro atoms. The van der Waals surface area contributed by atoms with Crippen LogP contribution >= 0.6 is 0 Å². The molecule has 3 N–H and O–H groups in total. The van der Waals surface area contributed by atoms with E-state index in [2.05, 4.69) is 30.7 Å². The molecule has 20 heavy (non-hydrogen) atoms. The van der Waals surface area contributed by atoms with Gasteiger partial charge in [0.15, 0.2) is 0 Å². The molecule has 0 aliphatic carbocycles. The van der Waals surface area contributed by atoms with E-state index in [9.17, 15) is 4.79 Å². The van der Waals surface area contributed by atoms with E-state index < -0.39 is 5.97 Å². The van der Waals surface area contributed by atoms with Crippen LogP contribution in [0, 0.1) is 11.3 Å². The SMILES string of the molecule is CC(C)(C)C1CCN(c2cc(C(=O)O)c(N)cn2)CC1. The number of carbonyl (C=O) groups is 1. The van der Waals surface area contributed by atoms with Crippen LogP contribution in [0.1, 0.15) is 44.0 Å². The topological polar surface area (TPSA) is 79.5 Å². The predicted molar refractivity (Wildman–Crippen MR) is 80.0 cm³/mol. The smallest absolute Gasteiger partial charge is 0.337 e. The first kappa shape index (κ1) is 14.6. The lowest BCUT2D eigenvalue weighted by molar-refractivity contribution is 0.0698. The monoisotopic (exact) mass is 277 g/mol. The molecule has 5 nitrogen and oxygen atoms in total. The maximum absolute atomic E-state index is 11.1. The van der Waals surface area contributed by atoms with E-state index in [1.807, 2.05) is 0 Å². The summed E-state index contributed by atoms with van der Waals surface area (Å²) >= 11 is 0. The highest BCUT2D eigenvalue weighted by Gasteiger charge is 2.29. The zero-order chi connectivity index (χ0) is 14.9. The van der Waals surface area contributed by atoms with Crippen molar-refractivity contribution in [2.24, 2.45) is 11.3 Å². The zero-order valence-electron chi connectivity index (χ0n) is 12.4. The Morgan fingerprint density at radius 3 is 2.50 bits per heavy atom. The molecule has 0 atom stereocenters. The fourth-order valence-corrected chi connectivity index (χ4v) is 2.79. The van der Waals surface area contributed by atoms with Gasteiger partial charge in [0.05, 0.1) is 17.4 Å². The predicted octanol–water partition coefficient (Wildman–Crippen LogP) is 2.62. The molecule has 1 aliphatic rings. The third-order valence-corrected chi connectivity index (χ3v) is 4.19. The van der Waals surface area contributed by atoms with Crippen LogP contribution in [0.15, 0.2) is 12.3 Å². The fourth-order valence-electron chi connectivity index (χ4n) is 2.79. The van der Waals surface area contributed by atoms with Crippen LogP contribution in [0.3, 0.4) is 0 Å². The van der Waals surface area contributed by atoms with Crippen molar-refractivity contribution < 1.29 is 9.90 Å². The van der Waals surface area contributed by atoms with Crippen LogP contribution in [0.4, 0.5) is 11.5 Å². The molecule has 1 aliphatic heterocycles. The molecule has 0 saturated carbocycles. The molecular formula is C15H23N3O2. The zero-order valence-corrected chi connectivity index (χ0v) is 12.4. The van der Waals surface area contributed by atoms with Crippen molar-refractivity contribution in [1.82, 2.24) is 4.98 Å². The normalized spacial score (nSPS) is 17.2. The second-order valence-corrected chi connectivity index (χ2v) is 6.56. The van der Waals surface area contributed by atoms with Crippen LogP contribution in [0.25, 0.3) is 0 Å². The van der Waals surface area contributed by atoms with E-state index in [0.717, 1.165) is 25.9 Å². The summed E-state index contributed by atoms with van der Waals surface area (Å²) in [5.41, 5.74) is 6.31. The van der Waals surface area contributed by atoms with E-state index in [1.54, 1.807) is 6.07 Å². The van der Waals surface area contributed by atoms with Crippen molar-refractivity contribution in [2.45, 2.75) is 33.6 Å². The van der Waals surface area contributed by atoms with Crippen molar-refractivity contribution >= 4 is 17.5 Å². The number of aromatic nitrogens is 1. The molecule has 0 amide bonds. The number of nitrogens with zero attached hydrogens (tertiary/aromatic N) is 2. The van der Waals surface area contributed by atoms with Gasteiger partial charge in [0, 0.05) is 13.1 Å². The molecule has 2 heterocycles. The number of rotatable bonds is 2. The third kappa shape index (κ3) is 3.03. The second-order valence-electron chi connectivity index (χ2n) is 6.56. The van der Waals surface area contributed by atoms with Gasteiger partial charge in [-0.1, -0.05) is 20.8 Å². The Labute approximate surface area is 119 Å². The highest BCUT2D eigenvalue weighted by atomic mass is 16.4. The molecule has 1 saturated heterocycles. The molecule has 110 valence electrons. The molecular weight excluding hydrogens is 254 g/mol. The van der Waals surface area contributed by atoms with E-state index >= 15 is 0 Å². The highest BCUT2D eigenvalue weighted by molar-refractivity contribution is 5.94. The largest absolute Gasteiger partial charge is 0.478 e. The molecule has 0 bridgehead atoms. The first-order valence-corrected chi connectivity index (χ1v) is 7.03. The number of piperidine rings is 1. The van der Waals surface area contributed by atoms with Gasteiger partial charge in [0.25, 0.3) is 0 Å². The van der Waals surface area contributed by atoms with Crippen molar-refractivity contribution in [3.8, 4) is 0 Å². The first-order valence-electron chi connectivity index (χ1n) is 7.03. The summed E-state index contributed by atoms with van der Waals surface area (Å²) in [5, 5.41) is 9.11. The quantitative estimate of drug-likeness (QED) is 0.868. The summed E-state index contributed by atoms with van der Waals surface area (Å²) in [5.74, 6) is 0.408.